The van der Waals surface area contributed by atoms with Crippen LogP contribution in [0, 0.1) is 0 Å². The van der Waals surface area contributed by atoms with Crippen LogP contribution in [0.25, 0.3) is 0 Å². The van der Waals surface area contributed by atoms with Gasteiger partial charge in [0.05, 0.1) is 0 Å². The van der Waals surface area contributed by atoms with Gasteiger partial charge in [0.15, 0.2) is 0 Å². The average Bonchev–Trinajstić information content (AvgIpc) is 2.48. The molecule has 0 radical (unpaired) electrons. The summed E-state index contributed by atoms with van der Waals surface area (Å²) in [5.41, 5.74) is 0.360. The van der Waals surface area contributed by atoms with Crippen molar-refractivity contribution < 1.29 is 18.0 Å². The molecule has 1 atom stereocenters. The summed E-state index contributed by atoms with van der Waals surface area (Å²) < 4.78 is 39.4. The summed E-state index contributed by atoms with van der Waals surface area (Å²) in [6, 6.07) is 6.59. The lowest BCUT2D eigenvalue weighted by Crippen LogP contribution is -2.57. The first-order chi connectivity index (χ1) is 9.98. The number of alkyl halides is 3. The maximum Gasteiger partial charge on any atom is 0.405 e. The summed E-state index contributed by atoms with van der Waals surface area (Å²) >= 11 is 0. The van der Waals surface area contributed by atoms with E-state index in [1.165, 1.54) is 4.90 Å². The molecule has 1 fully saturated rings. The third-order valence-corrected chi connectivity index (χ3v) is 3.46. The maximum atomic E-state index is 13.1. The molecule has 1 heterocycles. The first-order valence-electron chi connectivity index (χ1n) is 6.83. The van der Waals surface area contributed by atoms with E-state index in [4.69, 9.17) is 0 Å². The van der Waals surface area contributed by atoms with E-state index in [-0.39, 0.29) is 12.4 Å². The van der Waals surface area contributed by atoms with Gasteiger partial charge in [-0.25, -0.2) is 0 Å². The Balaban J connectivity index is 0.00000242. The molecule has 4 nitrogen and oxygen atoms in total. The van der Waals surface area contributed by atoms with Crippen molar-refractivity contribution >= 4 is 18.3 Å². The summed E-state index contributed by atoms with van der Waals surface area (Å²) in [6.07, 6.45) is -4.36. The van der Waals surface area contributed by atoms with Crippen molar-refractivity contribution in [3.05, 3.63) is 35.9 Å². The molecule has 1 aromatic carbocycles. The van der Waals surface area contributed by atoms with Crippen molar-refractivity contribution in [1.82, 2.24) is 15.5 Å². The van der Waals surface area contributed by atoms with E-state index in [0.29, 0.717) is 31.7 Å². The SMILES string of the molecule is Cl.O=C(NCC(N1CCNCC1)C(F)(F)F)c1ccccc1. The van der Waals surface area contributed by atoms with Crippen LogP contribution in [0.3, 0.4) is 0 Å². The third kappa shape index (κ3) is 5.15. The van der Waals surface area contributed by atoms with Crippen molar-refractivity contribution in [3.8, 4) is 0 Å². The highest BCUT2D eigenvalue weighted by atomic mass is 35.5. The van der Waals surface area contributed by atoms with Gasteiger partial charge >= 0.3 is 6.18 Å². The molecule has 0 spiro atoms. The minimum Gasteiger partial charge on any atom is -0.350 e. The summed E-state index contributed by atoms with van der Waals surface area (Å²) in [4.78, 5) is 13.2. The van der Waals surface area contributed by atoms with E-state index in [2.05, 4.69) is 10.6 Å². The van der Waals surface area contributed by atoms with Crippen LogP contribution >= 0.6 is 12.4 Å². The van der Waals surface area contributed by atoms with Crippen molar-refractivity contribution in [2.45, 2.75) is 12.2 Å². The normalized spacial score (nSPS) is 17.4. The zero-order valence-corrected chi connectivity index (χ0v) is 12.7. The van der Waals surface area contributed by atoms with Gasteiger partial charge in [-0.3, -0.25) is 9.69 Å². The molecule has 0 aromatic heterocycles. The highest BCUT2D eigenvalue weighted by molar-refractivity contribution is 5.94. The number of hydrogen-bond donors (Lipinski definition) is 2. The van der Waals surface area contributed by atoms with Crippen LogP contribution < -0.4 is 10.6 Å². The van der Waals surface area contributed by atoms with Gasteiger partial charge in [0, 0.05) is 38.3 Å². The molecule has 0 bridgehead atoms. The van der Waals surface area contributed by atoms with Gasteiger partial charge in [-0.2, -0.15) is 13.2 Å². The maximum absolute atomic E-state index is 13.1. The van der Waals surface area contributed by atoms with Gasteiger partial charge in [0.25, 0.3) is 5.91 Å². The molecular weight excluding hydrogens is 319 g/mol. The zero-order valence-electron chi connectivity index (χ0n) is 11.9. The van der Waals surface area contributed by atoms with Gasteiger partial charge in [0.2, 0.25) is 0 Å². The Morgan fingerprint density at radius 1 is 1.23 bits per heavy atom. The van der Waals surface area contributed by atoms with Crippen LogP contribution in [0.15, 0.2) is 30.3 Å². The van der Waals surface area contributed by atoms with Crippen LogP contribution in [-0.4, -0.2) is 55.7 Å². The molecule has 1 amide bonds. The van der Waals surface area contributed by atoms with E-state index >= 15 is 0 Å². The lowest BCUT2D eigenvalue weighted by atomic mass is 10.1. The van der Waals surface area contributed by atoms with E-state index in [9.17, 15) is 18.0 Å². The standard InChI is InChI=1S/C14H18F3N3O.ClH/c15-14(16,17)12(20-8-6-18-7-9-20)10-19-13(21)11-4-2-1-3-5-11;/h1-5,12,18H,6-10H2,(H,19,21);1H. The fourth-order valence-electron chi connectivity index (χ4n) is 2.33. The molecule has 1 aliphatic rings. The largest absolute Gasteiger partial charge is 0.405 e. The number of rotatable bonds is 4. The van der Waals surface area contributed by atoms with Crippen LogP contribution in [0.2, 0.25) is 0 Å². The quantitative estimate of drug-likeness (QED) is 0.878. The van der Waals surface area contributed by atoms with Crippen LogP contribution in [0.1, 0.15) is 10.4 Å². The summed E-state index contributed by atoms with van der Waals surface area (Å²) in [5.74, 6) is -0.486. The summed E-state index contributed by atoms with van der Waals surface area (Å²) in [6.45, 7) is 1.27. The van der Waals surface area contributed by atoms with Crippen LogP contribution in [0.4, 0.5) is 13.2 Å². The molecule has 2 N–H and O–H groups in total. The number of carbonyl (C=O) groups is 1. The molecule has 1 unspecified atom stereocenters. The Bertz CT molecular complexity index is 464. The van der Waals surface area contributed by atoms with E-state index < -0.39 is 24.7 Å². The molecular formula is C14H19ClF3N3O. The zero-order chi connectivity index (χ0) is 15.3. The minimum absolute atomic E-state index is 0. The number of piperazine rings is 1. The van der Waals surface area contributed by atoms with Gasteiger partial charge in [-0.1, -0.05) is 18.2 Å². The number of benzene rings is 1. The van der Waals surface area contributed by atoms with E-state index in [1.54, 1.807) is 30.3 Å². The molecule has 0 aliphatic carbocycles. The molecule has 8 heteroatoms. The highest BCUT2D eigenvalue weighted by Gasteiger charge is 2.43. The second-order valence-electron chi connectivity index (χ2n) is 4.92. The Kier molecular flexibility index (Phi) is 7.12. The van der Waals surface area contributed by atoms with Crippen LogP contribution in [-0.2, 0) is 0 Å². The number of nitrogens with zero attached hydrogens (tertiary/aromatic N) is 1. The monoisotopic (exact) mass is 337 g/mol. The average molecular weight is 338 g/mol. The number of carbonyl (C=O) groups excluding carboxylic acids is 1. The number of amides is 1. The van der Waals surface area contributed by atoms with Crippen LogP contribution in [0.5, 0.6) is 0 Å². The Morgan fingerprint density at radius 2 is 1.82 bits per heavy atom. The predicted molar refractivity (Wildman–Crippen MR) is 80.3 cm³/mol. The molecule has 124 valence electrons. The fourth-order valence-corrected chi connectivity index (χ4v) is 2.33. The van der Waals surface area contributed by atoms with Crippen molar-refractivity contribution in [2.24, 2.45) is 0 Å². The van der Waals surface area contributed by atoms with Gasteiger partial charge in [0.1, 0.15) is 6.04 Å². The molecule has 1 aromatic rings. The predicted octanol–water partition coefficient (Wildman–Crippen LogP) is 1.67. The molecule has 2 rings (SSSR count). The van der Waals surface area contributed by atoms with Crippen molar-refractivity contribution in [3.63, 3.8) is 0 Å². The van der Waals surface area contributed by atoms with E-state index in [0.717, 1.165) is 0 Å². The minimum atomic E-state index is -4.36. The lowest BCUT2D eigenvalue weighted by Gasteiger charge is -2.35. The Morgan fingerprint density at radius 3 is 2.36 bits per heavy atom. The molecule has 1 saturated heterocycles. The molecule has 22 heavy (non-hydrogen) atoms. The van der Waals surface area contributed by atoms with Crippen molar-refractivity contribution in [1.29, 1.82) is 0 Å². The second-order valence-corrected chi connectivity index (χ2v) is 4.92. The second kappa shape index (κ2) is 8.36. The summed E-state index contributed by atoms with van der Waals surface area (Å²) in [5, 5.41) is 5.40. The van der Waals surface area contributed by atoms with Crippen molar-refractivity contribution in [2.75, 3.05) is 32.7 Å². The topological polar surface area (TPSA) is 44.4 Å². The first-order valence-corrected chi connectivity index (χ1v) is 6.83. The Hall–Kier alpha value is -1.31. The smallest absolute Gasteiger partial charge is 0.350 e. The summed E-state index contributed by atoms with van der Waals surface area (Å²) in [7, 11) is 0. The lowest BCUT2D eigenvalue weighted by molar-refractivity contribution is -0.183. The van der Waals surface area contributed by atoms with Gasteiger partial charge in [-0.05, 0) is 12.1 Å². The number of hydrogen-bond acceptors (Lipinski definition) is 3. The number of nitrogens with one attached hydrogen (secondary N) is 2. The number of halogens is 4. The first kappa shape index (κ1) is 18.7. The van der Waals surface area contributed by atoms with Gasteiger partial charge in [-0.15, -0.1) is 12.4 Å². The highest BCUT2D eigenvalue weighted by Crippen LogP contribution is 2.24. The van der Waals surface area contributed by atoms with E-state index in [1.807, 2.05) is 0 Å². The fraction of sp³-hybridized carbons (Fsp3) is 0.500. The molecule has 1 aliphatic heterocycles. The molecule has 0 saturated carbocycles. The Labute approximate surface area is 133 Å². The third-order valence-electron chi connectivity index (χ3n) is 3.46. The van der Waals surface area contributed by atoms with Gasteiger partial charge < -0.3 is 10.6 Å².